The van der Waals surface area contributed by atoms with Crippen molar-refractivity contribution in [1.82, 2.24) is 19.6 Å². The lowest BCUT2D eigenvalue weighted by molar-refractivity contribution is -0.142. The number of aliphatic hydroxyl groups is 1. The van der Waals surface area contributed by atoms with E-state index >= 15 is 0 Å². The summed E-state index contributed by atoms with van der Waals surface area (Å²) < 4.78 is 5.96. The lowest BCUT2D eigenvalue weighted by Gasteiger charge is -2.42. The second kappa shape index (κ2) is 14.6. The minimum absolute atomic E-state index is 0.0175. The Kier molecular flexibility index (Phi) is 10.3. The number of aliphatic hydroxyl groups excluding tert-OH is 1. The van der Waals surface area contributed by atoms with E-state index in [9.17, 15) is 24.6 Å². The average molecular weight is 639 g/mol. The highest BCUT2D eigenvalue weighted by Gasteiger charge is 2.36. The molecule has 4 radical (unpaired) electrons. The summed E-state index contributed by atoms with van der Waals surface area (Å²) in [5.41, 5.74) is 2.69. The van der Waals surface area contributed by atoms with Gasteiger partial charge in [-0.05, 0) is 68.7 Å². The van der Waals surface area contributed by atoms with Crippen LogP contribution in [0.15, 0.2) is 36.4 Å². The second-order valence-electron chi connectivity index (χ2n) is 13.3. The van der Waals surface area contributed by atoms with Crippen LogP contribution in [0.4, 0.5) is 15.3 Å². The van der Waals surface area contributed by atoms with Gasteiger partial charge in [-0.3, -0.25) is 9.69 Å². The van der Waals surface area contributed by atoms with Gasteiger partial charge in [0.15, 0.2) is 6.10 Å². The van der Waals surface area contributed by atoms with Crippen LogP contribution in [0.5, 0.6) is 5.75 Å². The number of aromatic hydroxyl groups is 1. The molecule has 6 rings (SSSR count). The number of amides is 4. The normalized spacial score (nSPS) is 22.3. The van der Waals surface area contributed by atoms with Crippen LogP contribution in [-0.4, -0.2) is 134 Å². The van der Waals surface area contributed by atoms with Gasteiger partial charge in [0.25, 0.3) is 5.91 Å². The van der Waals surface area contributed by atoms with E-state index in [-0.39, 0.29) is 47.2 Å². The average Bonchev–Trinajstić information content (AvgIpc) is 3.24. The van der Waals surface area contributed by atoms with Crippen LogP contribution in [0.25, 0.3) is 0 Å². The first kappa shape index (κ1) is 33.2. The van der Waals surface area contributed by atoms with Crippen LogP contribution < -0.4 is 16.2 Å². The molecule has 13 heteroatoms. The molecule has 11 nitrogen and oxygen atoms in total. The van der Waals surface area contributed by atoms with Crippen molar-refractivity contribution in [3.63, 3.8) is 0 Å². The molecule has 4 amide bonds. The Morgan fingerprint density at radius 1 is 0.915 bits per heavy atom. The number of ether oxygens (including phenoxy) is 1. The van der Waals surface area contributed by atoms with Crippen molar-refractivity contribution in [1.29, 1.82) is 0 Å². The van der Waals surface area contributed by atoms with Crippen molar-refractivity contribution >= 4 is 50.3 Å². The number of phenols is 1. The van der Waals surface area contributed by atoms with Crippen LogP contribution in [0.2, 0.25) is 0 Å². The number of carbonyl (C=O) groups is 3. The number of nitrogens with zero attached hydrogens (tertiary/aromatic N) is 4. The molecule has 2 aromatic carbocycles. The summed E-state index contributed by atoms with van der Waals surface area (Å²) >= 11 is 0. The zero-order valence-electron chi connectivity index (χ0n) is 26.9. The van der Waals surface area contributed by atoms with E-state index in [2.05, 4.69) is 10.2 Å². The van der Waals surface area contributed by atoms with Crippen LogP contribution in [0, 0.1) is 0 Å². The molecule has 0 unspecified atom stereocenters. The first-order chi connectivity index (χ1) is 22.7. The number of piperidine rings is 3. The summed E-state index contributed by atoms with van der Waals surface area (Å²) in [7, 11) is 11.9. The van der Waals surface area contributed by atoms with Gasteiger partial charge in [-0.2, -0.15) is 0 Å². The molecular weight excluding hydrogens is 596 g/mol. The number of hydrogen-bond acceptors (Lipinski definition) is 7. The Bertz CT molecular complexity index is 1440. The number of β-amino-alcohol motifs (C(OH)–C–C–N with tert-alkyl or cyclic N) is 1. The molecule has 2 aromatic rings. The first-order valence-corrected chi connectivity index (χ1v) is 16.8. The highest BCUT2D eigenvalue weighted by molar-refractivity contribution is 6.41. The number of phenolic OH excluding ortho intramolecular Hbond substituents is 1. The minimum atomic E-state index is -1.10. The maximum absolute atomic E-state index is 13.9. The van der Waals surface area contributed by atoms with Crippen LogP contribution in [0.3, 0.4) is 0 Å². The smallest absolute Gasteiger partial charge is 0.410 e. The topological polar surface area (TPSA) is 126 Å². The molecule has 0 aliphatic carbocycles. The summed E-state index contributed by atoms with van der Waals surface area (Å²) in [6.45, 7) is 4.05. The molecule has 3 saturated heterocycles. The molecule has 0 spiro atoms. The van der Waals surface area contributed by atoms with E-state index in [0.717, 1.165) is 49.9 Å². The number of para-hydroxylation sites is 1. The SMILES string of the molecule is [B]c1cc(C[C@@H](OC(=O)N2CCC(N3CCc4ccccc4NC3=O)CC2)C(=O)N2CCC(N3CCC[C@@H](O)C3)CC2)cc([B])c1O. The third-order valence-corrected chi connectivity index (χ3v) is 10.2. The second-order valence-corrected chi connectivity index (χ2v) is 13.3. The van der Waals surface area contributed by atoms with Gasteiger partial charge in [0.2, 0.25) is 0 Å². The zero-order valence-corrected chi connectivity index (χ0v) is 26.9. The molecule has 246 valence electrons. The van der Waals surface area contributed by atoms with Crippen molar-refractivity contribution in [2.45, 2.75) is 75.7 Å². The molecule has 4 aliphatic heterocycles. The van der Waals surface area contributed by atoms with Gasteiger partial charge in [-0.25, -0.2) is 9.59 Å². The van der Waals surface area contributed by atoms with Crippen molar-refractivity contribution in [2.24, 2.45) is 0 Å². The summed E-state index contributed by atoms with van der Waals surface area (Å²) in [4.78, 5) is 48.1. The number of likely N-dealkylation sites (tertiary alicyclic amines) is 3. The fraction of sp³-hybridized carbons (Fsp3) is 0.559. The summed E-state index contributed by atoms with van der Waals surface area (Å²) in [6, 6.07) is 11.1. The van der Waals surface area contributed by atoms with Crippen LogP contribution in [-0.2, 0) is 22.4 Å². The molecule has 0 bridgehead atoms. The maximum Gasteiger partial charge on any atom is 0.410 e. The molecule has 3 N–H and O–H groups in total. The van der Waals surface area contributed by atoms with Gasteiger partial charge in [-0.15, -0.1) is 0 Å². The number of fused-ring (bicyclic) bond motifs is 1. The molecule has 0 saturated carbocycles. The first-order valence-electron chi connectivity index (χ1n) is 16.8. The van der Waals surface area contributed by atoms with Crippen LogP contribution in [0.1, 0.15) is 49.7 Å². The number of nitrogens with one attached hydrogen (secondary N) is 1. The summed E-state index contributed by atoms with van der Waals surface area (Å²) in [6.07, 6.45) is 3.37. The molecule has 2 atom stereocenters. The Morgan fingerprint density at radius 3 is 2.28 bits per heavy atom. The highest BCUT2D eigenvalue weighted by Crippen LogP contribution is 2.26. The Hall–Kier alpha value is -3.70. The molecule has 4 aliphatic rings. The molecule has 47 heavy (non-hydrogen) atoms. The molecular formula is C34H43B2N5O6. The highest BCUT2D eigenvalue weighted by atomic mass is 16.6. The molecule has 4 heterocycles. The predicted molar refractivity (Wildman–Crippen MR) is 180 cm³/mol. The number of benzene rings is 2. The van der Waals surface area contributed by atoms with E-state index in [1.54, 1.807) is 21.9 Å². The van der Waals surface area contributed by atoms with Gasteiger partial charge in [-0.1, -0.05) is 41.3 Å². The maximum atomic E-state index is 13.9. The van der Waals surface area contributed by atoms with Gasteiger partial charge in [0.05, 0.1) is 6.10 Å². The Balaban J connectivity index is 1.09. The lowest BCUT2D eigenvalue weighted by Crippen LogP contribution is -2.53. The van der Waals surface area contributed by atoms with Crippen LogP contribution >= 0.6 is 0 Å². The van der Waals surface area contributed by atoms with E-state index in [4.69, 9.17) is 20.4 Å². The van der Waals surface area contributed by atoms with Gasteiger partial charge >= 0.3 is 12.1 Å². The monoisotopic (exact) mass is 639 g/mol. The van der Waals surface area contributed by atoms with E-state index < -0.39 is 12.2 Å². The van der Waals surface area contributed by atoms with E-state index in [1.807, 2.05) is 29.2 Å². The summed E-state index contributed by atoms with van der Waals surface area (Å²) in [5.74, 6) is -0.500. The minimum Gasteiger partial charge on any atom is -0.509 e. The summed E-state index contributed by atoms with van der Waals surface area (Å²) in [5, 5.41) is 23.2. The largest absolute Gasteiger partial charge is 0.509 e. The quantitative estimate of drug-likeness (QED) is 0.404. The fourth-order valence-corrected chi connectivity index (χ4v) is 7.52. The number of urea groups is 1. The fourth-order valence-electron chi connectivity index (χ4n) is 7.52. The van der Waals surface area contributed by atoms with Gasteiger partial charge in [0, 0.05) is 63.5 Å². The van der Waals surface area contributed by atoms with Gasteiger partial charge < -0.3 is 35.0 Å². The standard InChI is InChI=1S/C34H43B2N5O6/c35-27-18-22(19-28(36)31(27)43)20-30(32(44)38-13-8-24(9-14-38)40-12-3-5-26(42)21-40)47-34(46)39-15-10-25(11-16-39)41-17-7-23-4-1-2-6-29(23)37-33(41)45/h1-2,4,6,18-19,24-26,30,42-43H,3,5,7-17,20-21H2,(H,37,45)/t26-,30-/m1/s1. The Labute approximate surface area is 279 Å². The third-order valence-electron chi connectivity index (χ3n) is 10.2. The molecule has 0 aromatic heterocycles. The van der Waals surface area contributed by atoms with E-state index in [0.29, 0.717) is 63.7 Å². The van der Waals surface area contributed by atoms with Crippen molar-refractivity contribution < 1.29 is 29.3 Å². The zero-order chi connectivity index (χ0) is 33.1. The van der Waals surface area contributed by atoms with Crippen molar-refractivity contribution in [3.8, 4) is 5.75 Å². The number of rotatable bonds is 6. The lowest BCUT2D eigenvalue weighted by atomic mass is 9.83. The van der Waals surface area contributed by atoms with Crippen molar-refractivity contribution in [2.75, 3.05) is 51.1 Å². The van der Waals surface area contributed by atoms with Crippen molar-refractivity contribution in [3.05, 3.63) is 47.5 Å². The number of hydrogen-bond donors (Lipinski definition) is 3. The Morgan fingerprint density at radius 2 is 1.57 bits per heavy atom. The molecule has 3 fully saturated rings. The predicted octanol–water partition coefficient (Wildman–Crippen LogP) is 1.03. The van der Waals surface area contributed by atoms with Gasteiger partial charge in [0.1, 0.15) is 21.4 Å². The number of carbonyl (C=O) groups excluding carboxylic acids is 3. The third kappa shape index (κ3) is 7.73. The number of anilines is 1. The van der Waals surface area contributed by atoms with E-state index in [1.165, 1.54) is 0 Å².